The first kappa shape index (κ1) is 13.3. The van der Waals surface area contributed by atoms with E-state index in [4.69, 9.17) is 4.89 Å². The third-order valence-electron chi connectivity index (χ3n) is 1.73. The molecule has 0 amide bonds. The van der Waals surface area contributed by atoms with Crippen LogP contribution in [0.15, 0.2) is 0 Å². The molecule has 62 valence electrons. The third-order valence-corrected chi connectivity index (χ3v) is 4.38. The molecule has 0 aliphatic carbocycles. The van der Waals surface area contributed by atoms with E-state index in [-0.39, 0.29) is 23.0 Å². The first-order chi connectivity index (χ1) is 4.04. The van der Waals surface area contributed by atoms with Crippen molar-refractivity contribution < 1.29 is 9.46 Å². The van der Waals surface area contributed by atoms with Crippen LogP contribution in [0.2, 0.25) is 0 Å². The molecule has 2 atom stereocenters. The van der Waals surface area contributed by atoms with E-state index < -0.39 is 7.37 Å². The fraction of sp³-hybridized carbons (Fsp3) is 1.00. The Morgan fingerprint density at radius 1 is 1.50 bits per heavy atom. The second-order valence-electron chi connectivity index (χ2n) is 2.33. The maximum atomic E-state index is 11.1. The van der Waals surface area contributed by atoms with Gasteiger partial charge in [0, 0.05) is 11.8 Å². The second-order valence-corrected chi connectivity index (χ2v) is 5.35. The molecule has 0 aromatic rings. The van der Waals surface area contributed by atoms with E-state index in [2.05, 4.69) is 0 Å². The molecule has 0 radical (unpaired) electrons. The minimum atomic E-state index is -2.76. The molecule has 1 N–H and O–H groups in total. The summed E-state index contributed by atoms with van der Waals surface area (Å²) in [5.41, 5.74) is -0.0255. The van der Waals surface area contributed by atoms with Crippen LogP contribution in [0.3, 0.4) is 0 Å². The number of hydrogen-bond acceptors (Lipinski definition) is 1. The molecule has 0 aliphatic heterocycles. The van der Waals surface area contributed by atoms with Crippen molar-refractivity contribution in [2.75, 3.05) is 6.16 Å². The number of rotatable bonds is 3. The molecule has 0 spiro atoms. The monoisotopic (exact) mass is 180 g/mol. The van der Waals surface area contributed by atoms with Gasteiger partial charge < -0.3 is 4.89 Å². The van der Waals surface area contributed by atoms with E-state index in [1.54, 1.807) is 6.92 Å². The van der Waals surface area contributed by atoms with Gasteiger partial charge >= 0.3 is 0 Å². The molecular formula is C6H18AlO2P. The van der Waals surface area contributed by atoms with Gasteiger partial charge in [0.15, 0.2) is 17.4 Å². The Bertz CT molecular complexity index is 127. The fourth-order valence-corrected chi connectivity index (χ4v) is 1.79. The van der Waals surface area contributed by atoms with Crippen molar-refractivity contribution in [3.8, 4) is 0 Å². The Morgan fingerprint density at radius 2 is 1.90 bits per heavy atom. The van der Waals surface area contributed by atoms with Gasteiger partial charge in [-0.1, -0.05) is 20.8 Å². The lowest BCUT2D eigenvalue weighted by molar-refractivity contribution is 0.465. The van der Waals surface area contributed by atoms with Gasteiger partial charge in [0.1, 0.15) is 0 Å². The summed E-state index contributed by atoms with van der Waals surface area (Å²) in [6.07, 6.45) is 1.20. The van der Waals surface area contributed by atoms with Gasteiger partial charge in [-0.05, 0) is 6.42 Å². The van der Waals surface area contributed by atoms with Crippen LogP contribution in [0.1, 0.15) is 27.2 Å². The maximum absolute atomic E-state index is 11.1. The summed E-state index contributed by atoms with van der Waals surface area (Å²) < 4.78 is 11.1. The van der Waals surface area contributed by atoms with Gasteiger partial charge in [0.05, 0.1) is 0 Å². The quantitative estimate of drug-likeness (QED) is 0.517. The lowest BCUT2D eigenvalue weighted by atomic mass is 10.4. The molecule has 0 aliphatic rings. The van der Waals surface area contributed by atoms with Crippen molar-refractivity contribution in [2.24, 2.45) is 0 Å². The van der Waals surface area contributed by atoms with Crippen LogP contribution in [-0.2, 0) is 4.57 Å². The standard InChI is InChI=1S/C6H15O2P.Al.3H/c1-4-6(3)9(7,8)5-2;;;;/h6H,4-5H2,1-3H3,(H,7,8);;;;. The van der Waals surface area contributed by atoms with Crippen molar-refractivity contribution in [3.63, 3.8) is 0 Å². The van der Waals surface area contributed by atoms with Crippen molar-refractivity contribution in [3.05, 3.63) is 0 Å². The minimum absolute atomic E-state index is 0. The summed E-state index contributed by atoms with van der Waals surface area (Å²) in [5.74, 6) is 0. The molecule has 2 nitrogen and oxygen atoms in total. The average Bonchev–Trinajstić information content (AvgIpc) is 1.86. The summed E-state index contributed by atoms with van der Waals surface area (Å²) in [4.78, 5) is 9.15. The van der Waals surface area contributed by atoms with Gasteiger partial charge in [-0.2, -0.15) is 0 Å². The zero-order chi connectivity index (χ0) is 7.49. The SMILES string of the molecule is CCC(C)P(=O)(O)CC.[AlH3]. The van der Waals surface area contributed by atoms with E-state index in [1.165, 1.54) is 0 Å². The molecule has 2 unspecified atom stereocenters. The molecule has 0 rings (SSSR count). The molecule has 10 heavy (non-hydrogen) atoms. The predicted molar refractivity (Wildman–Crippen MR) is 50.1 cm³/mol. The first-order valence-corrected chi connectivity index (χ1v) is 5.27. The zero-order valence-electron chi connectivity index (χ0n) is 6.29. The Kier molecular flexibility index (Phi) is 7.17. The van der Waals surface area contributed by atoms with Gasteiger partial charge in [0.25, 0.3) is 0 Å². The summed E-state index contributed by atoms with van der Waals surface area (Å²) in [6, 6.07) is 0. The van der Waals surface area contributed by atoms with Gasteiger partial charge in [-0.25, -0.2) is 0 Å². The van der Waals surface area contributed by atoms with E-state index >= 15 is 0 Å². The zero-order valence-corrected chi connectivity index (χ0v) is 7.19. The summed E-state index contributed by atoms with van der Waals surface area (Å²) in [5, 5.41) is 0. The lowest BCUT2D eigenvalue weighted by Gasteiger charge is -2.14. The first-order valence-electron chi connectivity index (χ1n) is 3.36. The van der Waals surface area contributed by atoms with Gasteiger partial charge in [-0.15, -0.1) is 0 Å². The topological polar surface area (TPSA) is 37.3 Å². The molecule has 0 bridgehead atoms. The van der Waals surface area contributed by atoms with Crippen LogP contribution in [0.5, 0.6) is 0 Å². The Morgan fingerprint density at radius 3 is 2.00 bits per heavy atom. The second kappa shape index (κ2) is 5.38. The maximum Gasteiger partial charge on any atom is 0.203 e. The van der Waals surface area contributed by atoms with Crippen molar-refractivity contribution in [1.82, 2.24) is 0 Å². The van der Waals surface area contributed by atoms with Gasteiger partial charge in [0.2, 0.25) is 7.37 Å². The largest absolute Gasteiger partial charge is 0.344 e. The molecule has 0 saturated heterocycles. The van der Waals surface area contributed by atoms with Crippen LogP contribution >= 0.6 is 7.37 Å². The normalized spacial score (nSPS) is 18.8. The van der Waals surface area contributed by atoms with Crippen molar-refractivity contribution in [2.45, 2.75) is 32.9 Å². The van der Waals surface area contributed by atoms with Crippen LogP contribution < -0.4 is 0 Å². The lowest BCUT2D eigenvalue weighted by Crippen LogP contribution is -2.02. The van der Waals surface area contributed by atoms with Crippen molar-refractivity contribution >= 4 is 24.7 Å². The van der Waals surface area contributed by atoms with E-state index in [9.17, 15) is 4.57 Å². The Hall–Kier alpha value is 0.722. The van der Waals surface area contributed by atoms with Crippen LogP contribution in [-0.4, -0.2) is 34.1 Å². The summed E-state index contributed by atoms with van der Waals surface area (Å²) in [6.45, 7) is 5.51. The molecule has 0 aromatic carbocycles. The highest BCUT2D eigenvalue weighted by molar-refractivity contribution is 7.58. The third kappa shape index (κ3) is 3.79. The highest BCUT2D eigenvalue weighted by Crippen LogP contribution is 2.46. The molecule has 4 heteroatoms. The van der Waals surface area contributed by atoms with E-state index in [0.29, 0.717) is 6.16 Å². The van der Waals surface area contributed by atoms with Crippen LogP contribution in [0.25, 0.3) is 0 Å². The smallest absolute Gasteiger partial charge is 0.203 e. The molecule has 0 aromatic heterocycles. The average molecular weight is 180 g/mol. The highest BCUT2D eigenvalue weighted by Gasteiger charge is 2.21. The Balaban J connectivity index is 0. The van der Waals surface area contributed by atoms with Gasteiger partial charge in [-0.3, -0.25) is 4.57 Å². The summed E-state index contributed by atoms with van der Waals surface area (Å²) >= 11 is 0. The van der Waals surface area contributed by atoms with E-state index in [1.807, 2.05) is 13.8 Å². The fourth-order valence-electron chi connectivity index (χ4n) is 0.597. The molecule has 0 saturated carbocycles. The van der Waals surface area contributed by atoms with Crippen molar-refractivity contribution in [1.29, 1.82) is 0 Å². The molecular weight excluding hydrogens is 162 g/mol. The Labute approximate surface area is 73.6 Å². The van der Waals surface area contributed by atoms with Crippen LogP contribution in [0, 0.1) is 0 Å². The molecule has 0 fully saturated rings. The molecule has 0 heterocycles. The van der Waals surface area contributed by atoms with E-state index in [0.717, 1.165) is 6.42 Å². The minimum Gasteiger partial charge on any atom is -0.344 e. The summed E-state index contributed by atoms with van der Waals surface area (Å²) in [7, 11) is -2.76. The predicted octanol–water partition coefficient (Wildman–Crippen LogP) is 0.891. The van der Waals surface area contributed by atoms with Crippen LogP contribution in [0.4, 0.5) is 0 Å². The highest BCUT2D eigenvalue weighted by atomic mass is 31.2. The number of hydrogen-bond donors (Lipinski definition) is 1.